The molecule has 4 aromatic rings. The first-order chi connectivity index (χ1) is 19.6. The van der Waals surface area contributed by atoms with E-state index in [2.05, 4.69) is 26.9 Å². The average molecular weight is 537 g/mol. The molecule has 1 aliphatic carbocycles. The Morgan fingerprint density at radius 1 is 0.925 bits per heavy atom. The summed E-state index contributed by atoms with van der Waals surface area (Å²) in [5.41, 5.74) is 5.24. The fourth-order valence-corrected chi connectivity index (χ4v) is 5.83. The number of hydrogen-bond acceptors (Lipinski definition) is 3. The summed E-state index contributed by atoms with van der Waals surface area (Å²) in [6.07, 6.45) is 7.58. The summed E-state index contributed by atoms with van der Waals surface area (Å²) in [6, 6.07) is 26.6. The van der Waals surface area contributed by atoms with E-state index < -0.39 is 0 Å². The summed E-state index contributed by atoms with van der Waals surface area (Å²) in [5, 5.41) is 3.06. The molecule has 1 fully saturated rings. The Kier molecular flexibility index (Phi) is 9.27. The maximum Gasteiger partial charge on any atom is 0.243 e. The van der Waals surface area contributed by atoms with Gasteiger partial charge >= 0.3 is 0 Å². The van der Waals surface area contributed by atoms with E-state index in [0.29, 0.717) is 25.9 Å². The Morgan fingerprint density at radius 2 is 1.65 bits per heavy atom. The second-order valence-electron chi connectivity index (χ2n) is 11.0. The average Bonchev–Trinajstić information content (AvgIpc) is 3.33. The van der Waals surface area contributed by atoms with E-state index in [4.69, 9.17) is 4.98 Å². The van der Waals surface area contributed by atoms with Crippen LogP contribution in [0.3, 0.4) is 0 Å². The van der Waals surface area contributed by atoms with Crippen molar-refractivity contribution in [2.24, 2.45) is 0 Å². The Labute approximate surface area is 237 Å². The third kappa shape index (κ3) is 6.98. The minimum Gasteiger partial charge on any atom is -0.356 e. The molecule has 0 bridgehead atoms. The lowest BCUT2D eigenvalue weighted by molar-refractivity contribution is -0.135. The van der Waals surface area contributed by atoms with Crippen LogP contribution in [-0.4, -0.2) is 38.9 Å². The van der Waals surface area contributed by atoms with Gasteiger partial charge in [0.1, 0.15) is 12.4 Å². The number of hydrogen-bond donors (Lipinski definition) is 1. The molecule has 1 saturated carbocycles. The molecule has 1 N–H and O–H groups in total. The smallest absolute Gasteiger partial charge is 0.243 e. The topological polar surface area (TPSA) is 67.2 Å². The second kappa shape index (κ2) is 13.4. The zero-order chi connectivity index (χ0) is 27.7. The van der Waals surface area contributed by atoms with Crippen LogP contribution >= 0.6 is 0 Å². The zero-order valence-corrected chi connectivity index (χ0v) is 23.5. The van der Waals surface area contributed by atoms with Crippen molar-refractivity contribution in [1.82, 2.24) is 19.8 Å². The summed E-state index contributed by atoms with van der Waals surface area (Å²) < 4.78 is 2.09. The number of nitrogens with zero attached hydrogens (tertiary/aromatic N) is 3. The van der Waals surface area contributed by atoms with Crippen molar-refractivity contribution < 1.29 is 9.59 Å². The highest BCUT2D eigenvalue weighted by atomic mass is 16.2. The normalized spacial score (nSPS) is 13.8. The van der Waals surface area contributed by atoms with Gasteiger partial charge < -0.3 is 14.8 Å². The quantitative estimate of drug-likeness (QED) is 0.239. The maximum atomic E-state index is 14.0. The Morgan fingerprint density at radius 3 is 2.45 bits per heavy atom. The number of rotatable bonds is 11. The molecule has 0 radical (unpaired) electrons. The molecule has 208 valence electrons. The van der Waals surface area contributed by atoms with Gasteiger partial charge in [-0.15, -0.1) is 0 Å². The van der Waals surface area contributed by atoms with E-state index in [0.717, 1.165) is 47.2 Å². The first kappa shape index (κ1) is 27.6. The molecule has 1 aromatic heterocycles. The van der Waals surface area contributed by atoms with Crippen LogP contribution in [0.15, 0.2) is 78.9 Å². The number of fused-ring (bicyclic) bond motifs is 1. The van der Waals surface area contributed by atoms with Crippen LogP contribution in [0.25, 0.3) is 11.0 Å². The summed E-state index contributed by atoms with van der Waals surface area (Å²) in [5.74, 6) is 1.07. The van der Waals surface area contributed by atoms with E-state index in [1.165, 1.54) is 24.8 Å². The molecule has 1 heterocycles. The minimum atomic E-state index is 0.0296. The second-order valence-corrected chi connectivity index (χ2v) is 11.0. The Hall–Kier alpha value is -3.93. The highest BCUT2D eigenvalue weighted by molar-refractivity contribution is 5.81. The monoisotopic (exact) mass is 536 g/mol. The van der Waals surface area contributed by atoms with Gasteiger partial charge in [0, 0.05) is 25.6 Å². The number of nitrogens with one attached hydrogen (secondary N) is 1. The minimum absolute atomic E-state index is 0.0296. The summed E-state index contributed by atoms with van der Waals surface area (Å²) in [6.45, 7) is 3.52. The van der Waals surface area contributed by atoms with Gasteiger partial charge in [0.05, 0.1) is 17.5 Å². The number of imidazole rings is 1. The zero-order valence-electron chi connectivity index (χ0n) is 23.5. The Bertz CT molecular complexity index is 1420. The fourth-order valence-electron chi connectivity index (χ4n) is 5.83. The molecular formula is C34H40N4O2. The van der Waals surface area contributed by atoms with Gasteiger partial charge in [-0.3, -0.25) is 9.59 Å². The van der Waals surface area contributed by atoms with Gasteiger partial charge in [-0.2, -0.15) is 0 Å². The number of aromatic nitrogens is 2. The van der Waals surface area contributed by atoms with Crippen molar-refractivity contribution in [3.8, 4) is 0 Å². The molecule has 3 aromatic carbocycles. The Balaban J connectivity index is 1.27. The molecule has 5 rings (SSSR count). The number of aryl methyl sites for hydroxylation is 2. The molecule has 40 heavy (non-hydrogen) atoms. The molecular weight excluding hydrogens is 496 g/mol. The van der Waals surface area contributed by atoms with E-state index in [1.54, 1.807) is 0 Å². The SMILES string of the molecule is Cc1ccccc1CC(=O)NCCCc1nc2ccccc2n1CC(=O)N(Cc1ccccc1)C1CCCCC1. The van der Waals surface area contributed by atoms with Gasteiger partial charge in [0.25, 0.3) is 0 Å². The van der Waals surface area contributed by atoms with Crippen LogP contribution in [0.5, 0.6) is 0 Å². The third-order valence-electron chi connectivity index (χ3n) is 8.07. The molecule has 0 aliphatic heterocycles. The van der Waals surface area contributed by atoms with Crippen molar-refractivity contribution >= 4 is 22.8 Å². The maximum absolute atomic E-state index is 14.0. The highest BCUT2D eigenvalue weighted by Crippen LogP contribution is 2.25. The predicted molar refractivity (Wildman–Crippen MR) is 160 cm³/mol. The number of carbonyl (C=O) groups is 2. The first-order valence-corrected chi connectivity index (χ1v) is 14.7. The molecule has 0 saturated heterocycles. The van der Waals surface area contributed by atoms with Crippen molar-refractivity contribution in [3.63, 3.8) is 0 Å². The van der Waals surface area contributed by atoms with Crippen LogP contribution in [0, 0.1) is 6.92 Å². The summed E-state index contributed by atoms with van der Waals surface area (Å²) >= 11 is 0. The van der Waals surface area contributed by atoms with Crippen LogP contribution in [-0.2, 0) is 35.5 Å². The van der Waals surface area contributed by atoms with Crippen molar-refractivity contribution in [2.45, 2.75) is 77.4 Å². The summed E-state index contributed by atoms with van der Waals surface area (Å²) in [7, 11) is 0. The van der Waals surface area contributed by atoms with Crippen LogP contribution in [0.2, 0.25) is 0 Å². The standard InChI is InChI=1S/C34H40N4O2/c1-26-13-8-9-16-28(26)23-33(39)35-22-12-21-32-36-30-19-10-11-20-31(30)38(32)25-34(40)37(29-17-6-3-7-18-29)24-27-14-4-2-5-15-27/h2,4-5,8-11,13-16,19-20,29H,3,6-7,12,17-18,21-25H2,1H3,(H,35,39). The highest BCUT2D eigenvalue weighted by Gasteiger charge is 2.27. The molecule has 0 spiro atoms. The van der Waals surface area contributed by atoms with Crippen LogP contribution < -0.4 is 5.32 Å². The molecule has 0 atom stereocenters. The van der Waals surface area contributed by atoms with Crippen molar-refractivity contribution in [3.05, 3.63) is 101 Å². The van der Waals surface area contributed by atoms with E-state index in [1.807, 2.05) is 73.7 Å². The fraction of sp³-hybridized carbons (Fsp3) is 0.382. The van der Waals surface area contributed by atoms with Crippen molar-refractivity contribution in [2.75, 3.05) is 6.54 Å². The van der Waals surface area contributed by atoms with E-state index in [-0.39, 0.29) is 24.4 Å². The molecule has 6 nitrogen and oxygen atoms in total. The lowest BCUT2D eigenvalue weighted by atomic mass is 9.93. The van der Waals surface area contributed by atoms with Gasteiger partial charge in [-0.05, 0) is 55.0 Å². The lowest BCUT2D eigenvalue weighted by Gasteiger charge is -2.35. The first-order valence-electron chi connectivity index (χ1n) is 14.7. The molecule has 1 aliphatic rings. The largest absolute Gasteiger partial charge is 0.356 e. The van der Waals surface area contributed by atoms with Crippen LogP contribution in [0.4, 0.5) is 0 Å². The molecule has 2 amide bonds. The molecule has 6 heteroatoms. The lowest BCUT2D eigenvalue weighted by Crippen LogP contribution is -2.42. The van der Waals surface area contributed by atoms with Crippen LogP contribution in [0.1, 0.15) is 61.0 Å². The number of benzene rings is 3. The predicted octanol–water partition coefficient (Wildman–Crippen LogP) is 6.00. The number of para-hydroxylation sites is 2. The third-order valence-corrected chi connectivity index (χ3v) is 8.07. The van der Waals surface area contributed by atoms with E-state index in [9.17, 15) is 9.59 Å². The number of amides is 2. The van der Waals surface area contributed by atoms with Gasteiger partial charge in [0.2, 0.25) is 11.8 Å². The van der Waals surface area contributed by atoms with Gasteiger partial charge in [0.15, 0.2) is 0 Å². The summed E-state index contributed by atoms with van der Waals surface area (Å²) in [4.78, 5) is 33.5. The van der Waals surface area contributed by atoms with Crippen molar-refractivity contribution in [1.29, 1.82) is 0 Å². The van der Waals surface area contributed by atoms with E-state index >= 15 is 0 Å². The van der Waals surface area contributed by atoms with Gasteiger partial charge in [-0.1, -0.05) is 86.0 Å². The molecule has 0 unspecified atom stereocenters. The number of carbonyl (C=O) groups excluding carboxylic acids is 2. The van der Waals surface area contributed by atoms with Gasteiger partial charge in [-0.25, -0.2) is 4.98 Å².